The third-order valence-corrected chi connectivity index (χ3v) is 2.26. The fourth-order valence-electron chi connectivity index (χ4n) is 1.36. The molecule has 0 saturated heterocycles. The zero-order valence-corrected chi connectivity index (χ0v) is 9.51. The molecule has 0 aliphatic carbocycles. The van der Waals surface area contributed by atoms with Crippen LogP contribution in [0.5, 0.6) is 0 Å². The van der Waals surface area contributed by atoms with Crippen molar-refractivity contribution in [1.29, 1.82) is 0 Å². The zero-order chi connectivity index (χ0) is 13.1. The maximum atomic E-state index is 13.5. The highest BCUT2D eigenvalue weighted by atomic mass is 19.1. The summed E-state index contributed by atoms with van der Waals surface area (Å²) in [6.07, 6.45) is 2.35. The summed E-state index contributed by atoms with van der Waals surface area (Å²) in [6.45, 7) is 1.79. The van der Waals surface area contributed by atoms with E-state index in [9.17, 15) is 9.18 Å². The highest BCUT2D eigenvalue weighted by Crippen LogP contribution is 2.18. The van der Waals surface area contributed by atoms with Gasteiger partial charge in [-0.3, -0.25) is 0 Å². The van der Waals surface area contributed by atoms with Crippen molar-refractivity contribution in [3.8, 4) is 0 Å². The van der Waals surface area contributed by atoms with Crippen molar-refractivity contribution in [3.63, 3.8) is 0 Å². The van der Waals surface area contributed by atoms with E-state index in [1.807, 2.05) is 0 Å². The van der Waals surface area contributed by atoms with E-state index in [2.05, 4.69) is 15.3 Å². The number of hydrogen-bond acceptors (Lipinski definition) is 4. The second kappa shape index (κ2) is 4.79. The number of hydrogen-bond donors (Lipinski definition) is 2. The topological polar surface area (TPSA) is 75.1 Å². The Balaban J connectivity index is 2.21. The van der Waals surface area contributed by atoms with E-state index in [-0.39, 0.29) is 17.2 Å². The van der Waals surface area contributed by atoms with Crippen molar-refractivity contribution < 1.29 is 14.3 Å². The average Bonchev–Trinajstić information content (AvgIpc) is 2.33. The maximum absolute atomic E-state index is 13.5. The van der Waals surface area contributed by atoms with Gasteiger partial charge in [0.15, 0.2) is 5.69 Å². The second-order valence-corrected chi connectivity index (χ2v) is 3.70. The molecule has 1 heterocycles. The minimum atomic E-state index is -1.16. The summed E-state index contributed by atoms with van der Waals surface area (Å²) in [7, 11) is 0. The van der Waals surface area contributed by atoms with Crippen LogP contribution in [-0.2, 0) is 0 Å². The third kappa shape index (κ3) is 2.60. The molecule has 0 spiro atoms. The van der Waals surface area contributed by atoms with Crippen LogP contribution < -0.4 is 5.32 Å². The molecule has 0 bridgehead atoms. The molecule has 5 nitrogen and oxygen atoms in total. The summed E-state index contributed by atoms with van der Waals surface area (Å²) in [4.78, 5) is 18.1. The van der Waals surface area contributed by atoms with Crippen LogP contribution in [0.2, 0.25) is 0 Å². The fourth-order valence-corrected chi connectivity index (χ4v) is 1.36. The lowest BCUT2D eigenvalue weighted by Crippen LogP contribution is -2.03. The molecule has 0 fully saturated rings. The van der Waals surface area contributed by atoms with E-state index in [4.69, 9.17) is 5.11 Å². The van der Waals surface area contributed by atoms with Crippen LogP contribution in [0, 0.1) is 12.7 Å². The van der Waals surface area contributed by atoms with Crippen molar-refractivity contribution in [3.05, 3.63) is 47.7 Å². The fraction of sp³-hybridized carbons (Fsp3) is 0.0833. The van der Waals surface area contributed by atoms with Gasteiger partial charge in [-0.15, -0.1) is 0 Å². The van der Waals surface area contributed by atoms with E-state index in [1.54, 1.807) is 19.1 Å². The molecule has 2 rings (SSSR count). The van der Waals surface area contributed by atoms with Gasteiger partial charge in [-0.1, -0.05) is 6.07 Å². The Morgan fingerprint density at radius 3 is 2.67 bits per heavy atom. The van der Waals surface area contributed by atoms with Gasteiger partial charge in [0.1, 0.15) is 11.6 Å². The highest BCUT2D eigenvalue weighted by Gasteiger charge is 2.06. The van der Waals surface area contributed by atoms with Gasteiger partial charge in [0.2, 0.25) is 0 Å². The first kappa shape index (κ1) is 12.0. The summed E-state index contributed by atoms with van der Waals surface area (Å²) >= 11 is 0. The van der Waals surface area contributed by atoms with Gasteiger partial charge in [0, 0.05) is 0 Å². The summed E-state index contributed by atoms with van der Waals surface area (Å²) in [5, 5.41) is 11.4. The number of carbonyl (C=O) groups is 1. The predicted molar refractivity (Wildman–Crippen MR) is 63.4 cm³/mol. The van der Waals surface area contributed by atoms with Gasteiger partial charge in [-0.05, 0) is 24.6 Å². The van der Waals surface area contributed by atoms with Gasteiger partial charge in [0.25, 0.3) is 0 Å². The molecule has 92 valence electrons. The molecule has 2 N–H and O–H groups in total. The normalized spacial score (nSPS) is 10.1. The molecule has 2 aromatic rings. The lowest BCUT2D eigenvalue weighted by molar-refractivity contribution is 0.0690. The molecule has 18 heavy (non-hydrogen) atoms. The van der Waals surface area contributed by atoms with Crippen LogP contribution >= 0.6 is 0 Å². The van der Waals surface area contributed by atoms with Gasteiger partial charge < -0.3 is 10.4 Å². The Bertz CT molecular complexity index is 584. The third-order valence-electron chi connectivity index (χ3n) is 2.26. The lowest BCUT2D eigenvalue weighted by atomic mass is 10.2. The van der Waals surface area contributed by atoms with Crippen molar-refractivity contribution >= 4 is 17.5 Å². The van der Waals surface area contributed by atoms with Gasteiger partial charge in [-0.25, -0.2) is 19.2 Å². The van der Waals surface area contributed by atoms with Crippen molar-refractivity contribution in [1.82, 2.24) is 9.97 Å². The van der Waals surface area contributed by atoms with E-state index < -0.39 is 11.8 Å². The number of nitrogens with zero attached hydrogens (tertiary/aromatic N) is 2. The van der Waals surface area contributed by atoms with E-state index >= 15 is 0 Å². The van der Waals surface area contributed by atoms with Crippen molar-refractivity contribution in [2.24, 2.45) is 0 Å². The molecule has 1 aromatic carbocycles. The summed E-state index contributed by atoms with van der Waals surface area (Å²) < 4.78 is 13.5. The van der Waals surface area contributed by atoms with E-state index in [0.29, 0.717) is 0 Å². The van der Waals surface area contributed by atoms with Crippen LogP contribution in [0.1, 0.15) is 16.1 Å². The summed E-state index contributed by atoms with van der Waals surface area (Å²) in [5.74, 6) is -1.28. The van der Waals surface area contributed by atoms with Crippen LogP contribution in [0.3, 0.4) is 0 Å². The Labute approximate surface area is 102 Å². The Morgan fingerprint density at radius 1 is 1.33 bits per heavy atom. The molecule has 0 aliphatic heterocycles. The number of anilines is 2. The highest BCUT2D eigenvalue weighted by molar-refractivity contribution is 5.85. The first-order valence-corrected chi connectivity index (χ1v) is 5.15. The number of carboxylic acid groups (broad SMARTS) is 1. The number of halogens is 1. The second-order valence-electron chi connectivity index (χ2n) is 3.70. The molecule has 6 heteroatoms. The number of carboxylic acids is 1. The van der Waals surface area contributed by atoms with Crippen LogP contribution in [-0.4, -0.2) is 21.0 Å². The SMILES string of the molecule is Cc1ccc(Nc2cnc(C(=O)O)cn2)c(F)c1. The number of benzene rings is 1. The maximum Gasteiger partial charge on any atom is 0.356 e. The molecule has 0 amide bonds. The number of nitrogens with one attached hydrogen (secondary N) is 1. The number of rotatable bonds is 3. The summed E-state index contributed by atoms with van der Waals surface area (Å²) in [5.41, 5.74) is 0.910. The quantitative estimate of drug-likeness (QED) is 0.870. The molecule has 0 saturated carbocycles. The van der Waals surface area contributed by atoms with Crippen LogP contribution in [0.4, 0.5) is 15.9 Å². The zero-order valence-electron chi connectivity index (χ0n) is 9.51. The number of aryl methyl sites for hydroxylation is 1. The Morgan fingerprint density at radius 2 is 2.11 bits per heavy atom. The van der Waals surface area contributed by atoms with Crippen LogP contribution in [0.15, 0.2) is 30.6 Å². The van der Waals surface area contributed by atoms with E-state index in [0.717, 1.165) is 11.8 Å². The van der Waals surface area contributed by atoms with Gasteiger partial charge in [0.05, 0.1) is 18.1 Å². The minimum Gasteiger partial charge on any atom is -0.476 e. The number of aromatic carboxylic acids is 1. The molecule has 0 aliphatic rings. The van der Waals surface area contributed by atoms with Crippen molar-refractivity contribution in [2.45, 2.75) is 6.92 Å². The monoisotopic (exact) mass is 247 g/mol. The predicted octanol–water partition coefficient (Wildman–Crippen LogP) is 2.37. The molecule has 0 radical (unpaired) electrons. The molecule has 0 atom stereocenters. The molecule has 0 unspecified atom stereocenters. The summed E-state index contributed by atoms with van der Waals surface area (Å²) in [6, 6.07) is 4.73. The van der Waals surface area contributed by atoms with Crippen molar-refractivity contribution in [2.75, 3.05) is 5.32 Å². The van der Waals surface area contributed by atoms with Gasteiger partial charge in [-0.2, -0.15) is 0 Å². The largest absolute Gasteiger partial charge is 0.476 e. The molecular weight excluding hydrogens is 237 g/mol. The Kier molecular flexibility index (Phi) is 3.18. The minimum absolute atomic E-state index is 0.162. The first-order chi connectivity index (χ1) is 8.56. The molecule has 1 aromatic heterocycles. The average molecular weight is 247 g/mol. The number of aromatic nitrogens is 2. The van der Waals surface area contributed by atoms with Gasteiger partial charge >= 0.3 is 5.97 Å². The smallest absolute Gasteiger partial charge is 0.356 e. The van der Waals surface area contributed by atoms with E-state index in [1.165, 1.54) is 12.3 Å². The molecular formula is C12H10FN3O2. The van der Waals surface area contributed by atoms with Crippen LogP contribution in [0.25, 0.3) is 0 Å². The lowest BCUT2D eigenvalue weighted by Gasteiger charge is -2.06. The first-order valence-electron chi connectivity index (χ1n) is 5.15. The Hall–Kier alpha value is -2.50. The standard InChI is InChI=1S/C12H10FN3O2/c1-7-2-3-9(8(13)4-7)16-11-6-14-10(5-15-11)12(17)18/h2-6H,1H3,(H,15,16)(H,17,18).